The van der Waals surface area contributed by atoms with Gasteiger partial charge in [0, 0.05) is 36.0 Å². The molecule has 0 radical (unpaired) electrons. The van der Waals surface area contributed by atoms with Gasteiger partial charge in [-0.3, -0.25) is 9.59 Å². The molecule has 2 N–H and O–H groups in total. The van der Waals surface area contributed by atoms with Gasteiger partial charge in [-0.05, 0) is 49.4 Å². The highest BCUT2D eigenvalue weighted by Gasteiger charge is 2.13. The average Bonchev–Trinajstić information content (AvgIpc) is 3.12. The molecule has 0 bridgehead atoms. The number of anilines is 2. The van der Waals surface area contributed by atoms with Gasteiger partial charge in [0.15, 0.2) is 0 Å². The van der Waals surface area contributed by atoms with Crippen molar-refractivity contribution in [2.24, 2.45) is 0 Å². The Hall–Kier alpha value is -3.19. The van der Waals surface area contributed by atoms with E-state index in [-0.39, 0.29) is 11.8 Å². The number of nitrogens with one attached hydrogen (secondary N) is 2. The number of hydrogen-bond donors (Lipinski definition) is 2. The highest BCUT2D eigenvalue weighted by Crippen LogP contribution is 2.34. The molecule has 2 amide bonds. The van der Waals surface area contributed by atoms with Crippen LogP contribution < -0.4 is 15.4 Å². The number of carbonyl (C=O) groups excluding carboxylic acids is 2. The Bertz CT molecular complexity index is 996. The molecule has 28 heavy (non-hydrogen) atoms. The fourth-order valence-corrected chi connectivity index (χ4v) is 3.56. The van der Waals surface area contributed by atoms with Gasteiger partial charge in [0.2, 0.25) is 11.8 Å². The normalized spacial score (nSPS) is 10.4. The summed E-state index contributed by atoms with van der Waals surface area (Å²) in [5, 5.41) is 8.36. The van der Waals surface area contributed by atoms with E-state index in [0.717, 1.165) is 27.6 Å². The molecule has 144 valence electrons. The molecule has 1 heterocycles. The molecule has 7 heteroatoms. The lowest BCUT2D eigenvalue weighted by molar-refractivity contribution is -0.115. The van der Waals surface area contributed by atoms with Crippen molar-refractivity contribution in [3.63, 3.8) is 0 Å². The molecule has 0 unspecified atom stereocenters. The van der Waals surface area contributed by atoms with Gasteiger partial charge < -0.3 is 15.4 Å². The van der Waals surface area contributed by atoms with Crippen molar-refractivity contribution in [1.29, 1.82) is 0 Å². The van der Waals surface area contributed by atoms with Crippen molar-refractivity contribution in [3.05, 3.63) is 47.8 Å². The number of benzene rings is 2. The molecule has 0 atom stereocenters. The summed E-state index contributed by atoms with van der Waals surface area (Å²) in [6.45, 7) is 5.46. The number of aromatic nitrogens is 1. The van der Waals surface area contributed by atoms with Gasteiger partial charge in [-0.2, -0.15) is 0 Å². The van der Waals surface area contributed by atoms with Crippen LogP contribution in [0.1, 0.15) is 20.8 Å². The monoisotopic (exact) mass is 395 g/mol. The van der Waals surface area contributed by atoms with E-state index in [9.17, 15) is 9.59 Å². The summed E-state index contributed by atoms with van der Waals surface area (Å²) in [4.78, 5) is 27.6. The van der Waals surface area contributed by atoms with Crippen molar-refractivity contribution in [2.75, 3.05) is 17.2 Å². The minimum atomic E-state index is -0.191. The van der Waals surface area contributed by atoms with Crippen LogP contribution in [0, 0.1) is 0 Å². The smallest absolute Gasteiger partial charge is 0.221 e. The van der Waals surface area contributed by atoms with Crippen LogP contribution in [0.5, 0.6) is 5.75 Å². The van der Waals surface area contributed by atoms with E-state index < -0.39 is 0 Å². The minimum absolute atomic E-state index is 0.173. The van der Waals surface area contributed by atoms with Gasteiger partial charge in [0.05, 0.1) is 18.0 Å². The molecule has 0 saturated heterocycles. The van der Waals surface area contributed by atoms with E-state index in [4.69, 9.17) is 9.72 Å². The zero-order valence-corrected chi connectivity index (χ0v) is 16.7. The zero-order valence-electron chi connectivity index (χ0n) is 15.9. The third-order valence-electron chi connectivity index (χ3n) is 3.84. The van der Waals surface area contributed by atoms with Crippen molar-refractivity contribution in [2.45, 2.75) is 20.8 Å². The van der Waals surface area contributed by atoms with E-state index in [0.29, 0.717) is 18.0 Å². The Labute approximate surface area is 167 Å². The molecular weight excluding hydrogens is 374 g/mol. The summed E-state index contributed by atoms with van der Waals surface area (Å²) in [6, 6.07) is 13.2. The van der Waals surface area contributed by atoms with Crippen LogP contribution in [0.4, 0.5) is 11.4 Å². The predicted molar refractivity (Wildman–Crippen MR) is 113 cm³/mol. The van der Waals surface area contributed by atoms with E-state index in [2.05, 4.69) is 10.6 Å². The summed E-state index contributed by atoms with van der Waals surface area (Å²) >= 11 is 1.52. The lowest BCUT2D eigenvalue weighted by Gasteiger charge is -2.11. The van der Waals surface area contributed by atoms with Crippen molar-refractivity contribution in [1.82, 2.24) is 4.98 Å². The third kappa shape index (κ3) is 4.75. The number of amides is 2. The Morgan fingerprint density at radius 3 is 2.39 bits per heavy atom. The SMILES string of the molecule is CCOc1ccc(-c2nc(-c3ccc(NC(C)=O)cc3NC(C)=O)cs2)cc1. The van der Waals surface area contributed by atoms with Crippen LogP contribution in [0.3, 0.4) is 0 Å². The molecule has 0 aliphatic carbocycles. The fourth-order valence-electron chi connectivity index (χ4n) is 2.73. The molecule has 0 saturated carbocycles. The second-order valence-corrected chi connectivity index (χ2v) is 6.98. The van der Waals surface area contributed by atoms with Crippen molar-refractivity contribution in [3.8, 4) is 27.6 Å². The quantitative estimate of drug-likeness (QED) is 0.629. The number of rotatable bonds is 6. The predicted octanol–water partition coefficient (Wildman–Crippen LogP) is 4.79. The second kappa shape index (κ2) is 8.67. The first kappa shape index (κ1) is 19.6. The number of ether oxygens (including phenoxy) is 1. The molecule has 0 fully saturated rings. The topological polar surface area (TPSA) is 80.3 Å². The first-order chi connectivity index (χ1) is 13.5. The Morgan fingerprint density at radius 2 is 1.75 bits per heavy atom. The first-order valence-electron chi connectivity index (χ1n) is 8.84. The fraction of sp³-hybridized carbons (Fsp3) is 0.190. The van der Waals surface area contributed by atoms with Gasteiger partial charge in [0.1, 0.15) is 10.8 Å². The summed E-state index contributed by atoms with van der Waals surface area (Å²) in [5.74, 6) is 0.459. The summed E-state index contributed by atoms with van der Waals surface area (Å²) in [7, 11) is 0. The Morgan fingerprint density at radius 1 is 1.04 bits per heavy atom. The van der Waals surface area contributed by atoms with E-state index in [1.807, 2.05) is 42.6 Å². The highest BCUT2D eigenvalue weighted by atomic mass is 32.1. The first-order valence-corrected chi connectivity index (χ1v) is 9.72. The van der Waals surface area contributed by atoms with E-state index >= 15 is 0 Å². The standard InChI is InChI=1S/C21H21N3O3S/c1-4-27-17-8-5-15(6-9-17)21-24-20(12-28-21)18-10-7-16(22-13(2)25)11-19(18)23-14(3)26/h5-12H,4H2,1-3H3,(H,22,25)(H,23,26). The molecule has 0 aliphatic rings. The van der Waals surface area contributed by atoms with E-state index in [1.54, 1.807) is 12.1 Å². The van der Waals surface area contributed by atoms with Gasteiger partial charge in [-0.15, -0.1) is 11.3 Å². The molecule has 3 rings (SSSR count). The molecule has 6 nitrogen and oxygen atoms in total. The number of carbonyl (C=O) groups is 2. The second-order valence-electron chi connectivity index (χ2n) is 6.12. The van der Waals surface area contributed by atoms with Crippen LogP contribution in [-0.4, -0.2) is 23.4 Å². The van der Waals surface area contributed by atoms with E-state index in [1.165, 1.54) is 25.2 Å². The molecule has 3 aromatic rings. The largest absolute Gasteiger partial charge is 0.494 e. The molecule has 2 aromatic carbocycles. The number of nitrogens with zero attached hydrogens (tertiary/aromatic N) is 1. The average molecular weight is 395 g/mol. The van der Waals surface area contributed by atoms with Crippen molar-refractivity contribution >= 4 is 34.5 Å². The van der Waals surface area contributed by atoms with Gasteiger partial charge >= 0.3 is 0 Å². The van der Waals surface area contributed by atoms with Crippen LogP contribution in [0.2, 0.25) is 0 Å². The maximum atomic E-state index is 11.6. The van der Waals surface area contributed by atoms with Gasteiger partial charge in [-0.1, -0.05) is 0 Å². The third-order valence-corrected chi connectivity index (χ3v) is 4.73. The van der Waals surface area contributed by atoms with Crippen LogP contribution in [0.15, 0.2) is 47.8 Å². The maximum Gasteiger partial charge on any atom is 0.221 e. The lowest BCUT2D eigenvalue weighted by atomic mass is 10.1. The summed E-state index contributed by atoms with van der Waals surface area (Å²) < 4.78 is 5.48. The van der Waals surface area contributed by atoms with Gasteiger partial charge in [0.25, 0.3) is 0 Å². The van der Waals surface area contributed by atoms with Gasteiger partial charge in [-0.25, -0.2) is 4.98 Å². The Kier molecular flexibility index (Phi) is 6.06. The molecule has 0 aliphatic heterocycles. The minimum Gasteiger partial charge on any atom is -0.494 e. The van der Waals surface area contributed by atoms with Crippen LogP contribution >= 0.6 is 11.3 Å². The number of hydrogen-bond acceptors (Lipinski definition) is 5. The summed E-state index contributed by atoms with van der Waals surface area (Å²) in [5.41, 5.74) is 3.75. The summed E-state index contributed by atoms with van der Waals surface area (Å²) in [6.07, 6.45) is 0. The number of thiazole rings is 1. The molecule has 1 aromatic heterocycles. The van der Waals surface area contributed by atoms with Crippen molar-refractivity contribution < 1.29 is 14.3 Å². The maximum absolute atomic E-state index is 11.6. The van der Waals surface area contributed by atoms with Crippen LogP contribution in [0.25, 0.3) is 21.8 Å². The zero-order chi connectivity index (χ0) is 20.1. The molecule has 0 spiro atoms. The lowest BCUT2D eigenvalue weighted by Crippen LogP contribution is -2.09. The highest BCUT2D eigenvalue weighted by molar-refractivity contribution is 7.13. The Balaban J connectivity index is 1.92. The van der Waals surface area contributed by atoms with Crippen LogP contribution in [-0.2, 0) is 9.59 Å². The molecular formula is C21H21N3O3S.